The van der Waals surface area contributed by atoms with Crippen LogP contribution in [-0.4, -0.2) is 37.5 Å². The van der Waals surface area contributed by atoms with E-state index >= 15 is 0 Å². The lowest BCUT2D eigenvalue weighted by Gasteiger charge is -2.33. The lowest BCUT2D eigenvalue weighted by molar-refractivity contribution is -0.126. The SMILES string of the molecule is Cl.O=C(CCC1CCCC1)NCC(=O)NC1CNCCC1c1ccc(F)c(F)c1. The van der Waals surface area contributed by atoms with Crippen LogP contribution in [0.5, 0.6) is 0 Å². The summed E-state index contributed by atoms with van der Waals surface area (Å²) >= 11 is 0. The predicted molar refractivity (Wildman–Crippen MR) is 110 cm³/mol. The van der Waals surface area contributed by atoms with E-state index in [2.05, 4.69) is 16.0 Å². The average Bonchev–Trinajstić information content (AvgIpc) is 3.21. The van der Waals surface area contributed by atoms with Gasteiger partial charge in [-0.15, -0.1) is 12.4 Å². The van der Waals surface area contributed by atoms with E-state index in [1.807, 2.05) is 0 Å². The Hall–Kier alpha value is -1.73. The van der Waals surface area contributed by atoms with E-state index in [1.54, 1.807) is 6.07 Å². The fourth-order valence-corrected chi connectivity index (χ4v) is 4.31. The summed E-state index contributed by atoms with van der Waals surface area (Å²) in [6.45, 7) is 1.23. The normalized spacial score (nSPS) is 22.0. The molecule has 1 aliphatic carbocycles. The molecule has 0 radical (unpaired) electrons. The number of halogens is 3. The van der Waals surface area contributed by atoms with Gasteiger partial charge in [0.25, 0.3) is 0 Å². The van der Waals surface area contributed by atoms with Crippen LogP contribution in [0, 0.1) is 17.6 Å². The topological polar surface area (TPSA) is 70.2 Å². The first-order chi connectivity index (χ1) is 13.5. The van der Waals surface area contributed by atoms with Crippen LogP contribution < -0.4 is 16.0 Å². The van der Waals surface area contributed by atoms with Gasteiger partial charge in [0.15, 0.2) is 11.6 Å². The van der Waals surface area contributed by atoms with Crippen LogP contribution in [0.3, 0.4) is 0 Å². The molecule has 2 amide bonds. The van der Waals surface area contributed by atoms with E-state index in [0.717, 1.165) is 19.0 Å². The fraction of sp³-hybridized carbons (Fsp3) is 0.619. The van der Waals surface area contributed by atoms with Gasteiger partial charge in [-0.2, -0.15) is 0 Å². The molecule has 3 rings (SSSR count). The first-order valence-electron chi connectivity index (χ1n) is 10.2. The number of carbonyl (C=O) groups excluding carboxylic acids is 2. The molecule has 1 heterocycles. The van der Waals surface area contributed by atoms with Gasteiger partial charge < -0.3 is 16.0 Å². The van der Waals surface area contributed by atoms with Crippen molar-refractivity contribution in [2.75, 3.05) is 19.6 Å². The molecule has 2 unspecified atom stereocenters. The molecule has 1 aromatic rings. The minimum atomic E-state index is -0.879. The Labute approximate surface area is 176 Å². The van der Waals surface area contributed by atoms with Crippen molar-refractivity contribution in [3.05, 3.63) is 35.4 Å². The highest BCUT2D eigenvalue weighted by Crippen LogP contribution is 2.28. The summed E-state index contributed by atoms with van der Waals surface area (Å²) < 4.78 is 26.8. The number of piperidine rings is 1. The van der Waals surface area contributed by atoms with Crippen molar-refractivity contribution in [3.8, 4) is 0 Å². The summed E-state index contributed by atoms with van der Waals surface area (Å²) in [7, 11) is 0. The summed E-state index contributed by atoms with van der Waals surface area (Å²) in [5, 5.41) is 8.82. The Morgan fingerprint density at radius 2 is 1.83 bits per heavy atom. The van der Waals surface area contributed by atoms with Crippen LogP contribution in [0.25, 0.3) is 0 Å². The third-order valence-corrected chi connectivity index (χ3v) is 5.90. The number of amides is 2. The van der Waals surface area contributed by atoms with Crippen molar-refractivity contribution in [1.82, 2.24) is 16.0 Å². The van der Waals surface area contributed by atoms with Gasteiger partial charge in [-0.3, -0.25) is 9.59 Å². The maximum atomic E-state index is 13.6. The van der Waals surface area contributed by atoms with Crippen molar-refractivity contribution >= 4 is 24.2 Å². The van der Waals surface area contributed by atoms with E-state index in [-0.39, 0.29) is 42.7 Å². The van der Waals surface area contributed by atoms with Crippen molar-refractivity contribution in [2.45, 2.75) is 56.9 Å². The Morgan fingerprint density at radius 1 is 1.07 bits per heavy atom. The first kappa shape index (κ1) is 23.5. The van der Waals surface area contributed by atoms with Crippen LogP contribution in [-0.2, 0) is 9.59 Å². The highest BCUT2D eigenvalue weighted by molar-refractivity contribution is 5.85. The molecule has 1 saturated carbocycles. The summed E-state index contributed by atoms with van der Waals surface area (Å²) in [6.07, 6.45) is 6.97. The van der Waals surface area contributed by atoms with E-state index < -0.39 is 11.6 Å². The smallest absolute Gasteiger partial charge is 0.239 e. The summed E-state index contributed by atoms with van der Waals surface area (Å²) in [5.41, 5.74) is 0.672. The third kappa shape index (κ3) is 6.93. The van der Waals surface area contributed by atoms with Crippen LogP contribution in [0.15, 0.2) is 18.2 Å². The van der Waals surface area contributed by atoms with Crippen molar-refractivity contribution in [3.63, 3.8) is 0 Å². The maximum Gasteiger partial charge on any atom is 0.239 e. The molecule has 1 aliphatic heterocycles. The molecule has 162 valence electrons. The van der Waals surface area contributed by atoms with Gasteiger partial charge in [-0.1, -0.05) is 31.7 Å². The lowest BCUT2D eigenvalue weighted by atomic mass is 9.86. The van der Waals surface area contributed by atoms with Gasteiger partial charge in [0.2, 0.25) is 11.8 Å². The maximum absolute atomic E-state index is 13.6. The van der Waals surface area contributed by atoms with Gasteiger partial charge in [-0.25, -0.2) is 8.78 Å². The molecule has 3 N–H and O–H groups in total. The molecule has 1 aromatic carbocycles. The minimum absolute atomic E-state index is 0. The fourth-order valence-electron chi connectivity index (χ4n) is 4.31. The second kappa shape index (κ2) is 11.5. The highest BCUT2D eigenvalue weighted by atomic mass is 35.5. The van der Waals surface area contributed by atoms with Gasteiger partial charge in [0.05, 0.1) is 6.54 Å². The van der Waals surface area contributed by atoms with Crippen molar-refractivity contribution in [2.24, 2.45) is 5.92 Å². The standard InChI is InChI=1S/C21H29F2N3O2.ClH/c22-17-7-6-15(11-18(17)23)16-9-10-24-12-19(16)26-21(28)13-25-20(27)8-5-14-3-1-2-4-14;/h6-7,11,14,16,19,24H,1-5,8-10,12-13H2,(H,25,27)(H,26,28);1H. The number of hydrogen-bond donors (Lipinski definition) is 3. The molecular formula is C21H30ClF2N3O2. The lowest BCUT2D eigenvalue weighted by Crippen LogP contribution is -2.52. The van der Waals surface area contributed by atoms with Crippen LogP contribution in [0.4, 0.5) is 8.78 Å². The molecular weight excluding hydrogens is 400 g/mol. The molecule has 0 bridgehead atoms. The zero-order valence-electron chi connectivity index (χ0n) is 16.5. The van der Waals surface area contributed by atoms with Crippen molar-refractivity contribution in [1.29, 1.82) is 0 Å². The Kier molecular flexibility index (Phi) is 9.30. The first-order valence-corrected chi connectivity index (χ1v) is 10.2. The van der Waals surface area contributed by atoms with Crippen LogP contribution >= 0.6 is 12.4 Å². The second-order valence-electron chi connectivity index (χ2n) is 7.91. The highest BCUT2D eigenvalue weighted by Gasteiger charge is 2.28. The molecule has 5 nitrogen and oxygen atoms in total. The number of benzene rings is 1. The molecule has 2 aliphatic rings. The number of carbonyl (C=O) groups is 2. The Bertz CT molecular complexity index is 699. The Balaban J connectivity index is 0.00000300. The van der Waals surface area contributed by atoms with E-state index in [1.165, 1.54) is 31.7 Å². The predicted octanol–water partition coefficient (Wildman–Crippen LogP) is 3.03. The van der Waals surface area contributed by atoms with Crippen LogP contribution in [0.2, 0.25) is 0 Å². The molecule has 8 heteroatoms. The zero-order valence-corrected chi connectivity index (χ0v) is 17.3. The second-order valence-corrected chi connectivity index (χ2v) is 7.91. The minimum Gasteiger partial charge on any atom is -0.350 e. The average molecular weight is 430 g/mol. The quantitative estimate of drug-likeness (QED) is 0.624. The van der Waals surface area contributed by atoms with Gasteiger partial charge in [0, 0.05) is 24.9 Å². The molecule has 1 saturated heterocycles. The molecule has 2 fully saturated rings. The molecule has 0 spiro atoms. The summed E-state index contributed by atoms with van der Waals surface area (Å²) in [6, 6.07) is 3.66. The largest absolute Gasteiger partial charge is 0.350 e. The molecule has 0 aromatic heterocycles. The number of rotatable bonds is 7. The Morgan fingerprint density at radius 3 is 2.55 bits per heavy atom. The van der Waals surface area contributed by atoms with E-state index in [0.29, 0.717) is 30.9 Å². The third-order valence-electron chi connectivity index (χ3n) is 5.90. The van der Waals surface area contributed by atoms with Gasteiger partial charge in [0.1, 0.15) is 0 Å². The molecule has 2 atom stereocenters. The zero-order chi connectivity index (χ0) is 19.9. The molecule has 29 heavy (non-hydrogen) atoms. The van der Waals surface area contributed by atoms with E-state index in [4.69, 9.17) is 0 Å². The number of hydrogen-bond acceptors (Lipinski definition) is 3. The van der Waals surface area contributed by atoms with Crippen molar-refractivity contribution < 1.29 is 18.4 Å². The van der Waals surface area contributed by atoms with Gasteiger partial charge >= 0.3 is 0 Å². The monoisotopic (exact) mass is 429 g/mol. The van der Waals surface area contributed by atoms with E-state index in [9.17, 15) is 18.4 Å². The number of nitrogens with one attached hydrogen (secondary N) is 3. The summed E-state index contributed by atoms with van der Waals surface area (Å²) in [5.74, 6) is -1.58. The summed E-state index contributed by atoms with van der Waals surface area (Å²) in [4.78, 5) is 24.3. The van der Waals surface area contributed by atoms with Crippen LogP contribution in [0.1, 0.15) is 56.4 Å². The van der Waals surface area contributed by atoms with Gasteiger partial charge in [-0.05, 0) is 43.0 Å².